The van der Waals surface area contributed by atoms with E-state index in [1.54, 1.807) is 10.9 Å². The van der Waals surface area contributed by atoms with Gasteiger partial charge < -0.3 is 5.32 Å². The summed E-state index contributed by atoms with van der Waals surface area (Å²) in [4.78, 5) is 17.3. The first-order valence-corrected chi connectivity index (χ1v) is 10.2. The summed E-state index contributed by atoms with van der Waals surface area (Å²) in [6.45, 7) is 6.38. The molecule has 4 rings (SSSR count). The van der Waals surface area contributed by atoms with Gasteiger partial charge in [-0.3, -0.25) is 9.78 Å². The molecular formula is C24H24N6O. The topological polar surface area (TPSA) is 85.6 Å². The average molecular weight is 412 g/mol. The van der Waals surface area contributed by atoms with Crippen LogP contribution in [0.5, 0.6) is 0 Å². The molecule has 156 valence electrons. The van der Waals surface area contributed by atoms with Gasteiger partial charge in [0.25, 0.3) is 5.91 Å². The number of nitrogens with zero attached hydrogens (tertiary/aromatic N) is 5. The predicted octanol–water partition coefficient (Wildman–Crippen LogP) is 3.83. The lowest BCUT2D eigenvalue weighted by Gasteiger charge is -2.12. The van der Waals surface area contributed by atoms with Gasteiger partial charge in [-0.05, 0) is 65.2 Å². The number of hydrogen-bond acceptors (Lipinski definition) is 5. The highest BCUT2D eigenvalue weighted by Gasteiger charge is 2.14. The van der Waals surface area contributed by atoms with Crippen LogP contribution < -0.4 is 5.32 Å². The maximum absolute atomic E-state index is 13.0. The molecule has 7 nitrogen and oxygen atoms in total. The van der Waals surface area contributed by atoms with Crippen molar-refractivity contribution in [1.29, 1.82) is 0 Å². The molecular weight excluding hydrogens is 388 g/mol. The summed E-state index contributed by atoms with van der Waals surface area (Å²) in [5.41, 5.74) is 6.32. The third-order valence-corrected chi connectivity index (χ3v) is 5.09. The fourth-order valence-electron chi connectivity index (χ4n) is 3.29. The maximum atomic E-state index is 13.0. The third kappa shape index (κ3) is 4.66. The lowest BCUT2D eigenvalue weighted by atomic mass is 10.0. The Hall–Kier alpha value is -3.87. The van der Waals surface area contributed by atoms with E-state index in [4.69, 9.17) is 0 Å². The van der Waals surface area contributed by atoms with Gasteiger partial charge in [0.2, 0.25) is 0 Å². The number of carbonyl (C=O) groups excluding carboxylic acids is 1. The highest BCUT2D eigenvalue weighted by molar-refractivity contribution is 5.96. The lowest BCUT2D eigenvalue weighted by Crippen LogP contribution is -2.23. The molecule has 0 saturated heterocycles. The first-order valence-electron chi connectivity index (χ1n) is 10.2. The summed E-state index contributed by atoms with van der Waals surface area (Å²) < 4.78 is 1.68. The van der Waals surface area contributed by atoms with Crippen molar-refractivity contribution in [3.8, 4) is 16.8 Å². The molecule has 0 saturated carbocycles. The zero-order valence-electron chi connectivity index (χ0n) is 17.8. The van der Waals surface area contributed by atoms with Crippen molar-refractivity contribution in [3.63, 3.8) is 0 Å². The minimum absolute atomic E-state index is 0.165. The molecule has 4 aromatic rings. The minimum Gasteiger partial charge on any atom is -0.348 e. The van der Waals surface area contributed by atoms with Gasteiger partial charge in [0.05, 0.1) is 5.69 Å². The number of benzene rings is 2. The summed E-state index contributed by atoms with van der Waals surface area (Å²) >= 11 is 0. The second kappa shape index (κ2) is 8.87. The van der Waals surface area contributed by atoms with Gasteiger partial charge in [-0.2, -0.15) is 4.68 Å². The molecule has 31 heavy (non-hydrogen) atoms. The van der Waals surface area contributed by atoms with Crippen LogP contribution in [0.15, 0.2) is 60.8 Å². The molecule has 0 spiro atoms. The fraction of sp³-hybridized carbons (Fsp3) is 0.208. The normalized spacial score (nSPS) is 10.8. The second-order valence-corrected chi connectivity index (χ2v) is 7.49. The highest BCUT2D eigenvalue weighted by Crippen LogP contribution is 2.25. The van der Waals surface area contributed by atoms with Gasteiger partial charge in [-0.25, -0.2) is 0 Å². The van der Waals surface area contributed by atoms with Crippen molar-refractivity contribution in [1.82, 2.24) is 30.5 Å². The quantitative estimate of drug-likeness (QED) is 0.520. The summed E-state index contributed by atoms with van der Waals surface area (Å²) in [6, 6.07) is 17.8. The molecule has 0 aliphatic heterocycles. The smallest absolute Gasteiger partial charge is 0.251 e. The number of amides is 1. The first kappa shape index (κ1) is 20.4. The van der Waals surface area contributed by atoms with E-state index in [-0.39, 0.29) is 5.91 Å². The molecule has 2 aromatic heterocycles. The molecule has 7 heteroatoms. The molecule has 0 unspecified atom stereocenters. The summed E-state index contributed by atoms with van der Waals surface area (Å²) in [5.74, 6) is 0.569. The molecule has 0 aliphatic carbocycles. The number of nitrogens with one attached hydrogen (secondary N) is 1. The van der Waals surface area contributed by atoms with Crippen LogP contribution in [0, 0.1) is 13.8 Å². The third-order valence-electron chi connectivity index (χ3n) is 5.09. The summed E-state index contributed by atoms with van der Waals surface area (Å²) in [5, 5.41) is 15.0. The van der Waals surface area contributed by atoms with Gasteiger partial charge in [-0.1, -0.05) is 42.8 Å². The molecule has 0 radical (unpaired) electrons. The number of aryl methyl sites for hydroxylation is 3. The van der Waals surface area contributed by atoms with E-state index in [2.05, 4.69) is 50.1 Å². The number of hydrogen-bond donors (Lipinski definition) is 1. The van der Waals surface area contributed by atoms with Gasteiger partial charge in [-0.15, -0.1) is 5.10 Å². The number of pyridine rings is 1. The second-order valence-electron chi connectivity index (χ2n) is 7.49. The molecule has 1 amide bonds. The minimum atomic E-state index is -0.165. The largest absolute Gasteiger partial charge is 0.348 e. The Morgan fingerprint density at radius 1 is 1.00 bits per heavy atom. The van der Waals surface area contributed by atoms with Crippen molar-refractivity contribution in [2.24, 2.45) is 0 Å². The van der Waals surface area contributed by atoms with Gasteiger partial charge >= 0.3 is 0 Å². The van der Waals surface area contributed by atoms with Crippen LogP contribution in [-0.4, -0.2) is 31.1 Å². The molecule has 2 heterocycles. The van der Waals surface area contributed by atoms with Crippen LogP contribution in [0.1, 0.15) is 39.9 Å². The molecule has 1 N–H and O–H groups in total. The van der Waals surface area contributed by atoms with Crippen LogP contribution in [0.25, 0.3) is 16.8 Å². The van der Waals surface area contributed by atoms with E-state index in [9.17, 15) is 4.79 Å². The van der Waals surface area contributed by atoms with E-state index in [0.717, 1.165) is 33.9 Å². The van der Waals surface area contributed by atoms with Gasteiger partial charge in [0, 0.05) is 30.4 Å². The van der Waals surface area contributed by atoms with E-state index in [0.29, 0.717) is 18.5 Å². The highest BCUT2D eigenvalue weighted by atomic mass is 16.1. The van der Waals surface area contributed by atoms with E-state index >= 15 is 0 Å². The Bertz CT molecular complexity index is 1200. The number of rotatable bonds is 6. The average Bonchev–Trinajstić information content (AvgIpc) is 3.28. The first-order chi connectivity index (χ1) is 15.0. The summed E-state index contributed by atoms with van der Waals surface area (Å²) in [7, 11) is 0. The van der Waals surface area contributed by atoms with Crippen molar-refractivity contribution in [2.75, 3.05) is 0 Å². The van der Waals surface area contributed by atoms with Crippen molar-refractivity contribution < 1.29 is 4.79 Å². The maximum Gasteiger partial charge on any atom is 0.251 e. The standard InChI is InChI=1S/C24H24N6O/c1-4-23-27-28-29-30(23)22-12-20(19-9-5-16(2)6-10-19)11-21(13-22)24(31)26-15-18-8-7-17(3)25-14-18/h5-14H,4,15H2,1-3H3,(H,26,31). The van der Waals surface area contributed by atoms with Crippen LogP contribution >= 0.6 is 0 Å². The molecule has 2 aromatic carbocycles. The number of tetrazole rings is 1. The monoisotopic (exact) mass is 412 g/mol. The van der Waals surface area contributed by atoms with E-state index in [1.807, 2.05) is 51.1 Å². The van der Waals surface area contributed by atoms with Crippen LogP contribution in [0.2, 0.25) is 0 Å². The Balaban J connectivity index is 1.69. The molecule has 0 fully saturated rings. The summed E-state index contributed by atoms with van der Waals surface area (Å²) in [6.07, 6.45) is 2.46. The predicted molar refractivity (Wildman–Crippen MR) is 119 cm³/mol. The number of aromatic nitrogens is 5. The molecule has 0 bridgehead atoms. The van der Waals surface area contributed by atoms with Crippen LogP contribution in [0.4, 0.5) is 0 Å². The van der Waals surface area contributed by atoms with Crippen molar-refractivity contribution >= 4 is 5.91 Å². The number of carbonyl (C=O) groups is 1. The zero-order chi connectivity index (χ0) is 21.8. The van der Waals surface area contributed by atoms with E-state index < -0.39 is 0 Å². The zero-order valence-corrected chi connectivity index (χ0v) is 17.8. The van der Waals surface area contributed by atoms with E-state index in [1.165, 1.54) is 5.56 Å². The Morgan fingerprint density at radius 3 is 2.52 bits per heavy atom. The van der Waals surface area contributed by atoms with Crippen LogP contribution in [-0.2, 0) is 13.0 Å². The SMILES string of the molecule is CCc1nnnn1-c1cc(C(=O)NCc2ccc(C)nc2)cc(-c2ccc(C)cc2)c1. The lowest BCUT2D eigenvalue weighted by molar-refractivity contribution is 0.0951. The Kier molecular flexibility index (Phi) is 5.84. The van der Waals surface area contributed by atoms with Gasteiger partial charge in [0.1, 0.15) is 0 Å². The Labute approximate surface area is 181 Å². The van der Waals surface area contributed by atoms with Crippen LogP contribution in [0.3, 0.4) is 0 Å². The van der Waals surface area contributed by atoms with Crippen molar-refractivity contribution in [3.05, 3.63) is 89.0 Å². The fourth-order valence-corrected chi connectivity index (χ4v) is 3.29. The van der Waals surface area contributed by atoms with Gasteiger partial charge in [0.15, 0.2) is 5.82 Å². The van der Waals surface area contributed by atoms with Crippen molar-refractivity contribution in [2.45, 2.75) is 33.7 Å². The molecule has 0 aliphatic rings. The molecule has 0 atom stereocenters. The Morgan fingerprint density at radius 2 is 1.81 bits per heavy atom.